The molecule has 3 rings (SSSR count). The third-order valence-corrected chi connectivity index (χ3v) is 4.94. The first-order valence-corrected chi connectivity index (χ1v) is 8.47. The molecule has 1 aliphatic carbocycles. The largest absolute Gasteiger partial charge is 0.488 e. The van der Waals surface area contributed by atoms with Gasteiger partial charge in [0.2, 0.25) is 5.91 Å². The van der Waals surface area contributed by atoms with Gasteiger partial charge >= 0.3 is 0 Å². The number of piperazine rings is 1. The smallest absolute Gasteiger partial charge is 0.225 e. The van der Waals surface area contributed by atoms with Crippen molar-refractivity contribution in [1.29, 1.82) is 0 Å². The number of pyridine rings is 1. The molecule has 126 valence electrons. The van der Waals surface area contributed by atoms with Gasteiger partial charge in [0, 0.05) is 44.4 Å². The summed E-state index contributed by atoms with van der Waals surface area (Å²) in [5.41, 5.74) is 6.44. The number of nitrogens with two attached hydrogens (primary N) is 1. The van der Waals surface area contributed by atoms with Crippen molar-refractivity contribution in [2.45, 2.75) is 31.8 Å². The van der Waals surface area contributed by atoms with Crippen LogP contribution in [0.2, 0.25) is 0 Å². The number of carbonyl (C=O) groups excluding carboxylic acids is 1. The Labute approximate surface area is 137 Å². The lowest BCUT2D eigenvalue weighted by Gasteiger charge is -2.36. The molecule has 2 aliphatic rings. The minimum atomic E-state index is 0.149. The van der Waals surface area contributed by atoms with E-state index in [0.717, 1.165) is 51.9 Å². The number of rotatable bonds is 3. The number of hydrogen-bond donors (Lipinski definition) is 1. The topological polar surface area (TPSA) is 71.7 Å². The number of hydrogen-bond acceptors (Lipinski definition) is 5. The monoisotopic (exact) mass is 318 g/mol. The average molecular weight is 318 g/mol. The van der Waals surface area contributed by atoms with Gasteiger partial charge in [-0.3, -0.25) is 9.78 Å². The number of ether oxygens (including phenoxy) is 1. The molecule has 1 aromatic rings. The zero-order valence-electron chi connectivity index (χ0n) is 13.8. The lowest BCUT2D eigenvalue weighted by atomic mass is 9.86. The van der Waals surface area contributed by atoms with Crippen molar-refractivity contribution in [3.8, 4) is 5.75 Å². The molecule has 1 aliphatic heterocycles. The summed E-state index contributed by atoms with van der Waals surface area (Å²) in [5, 5.41) is 0. The lowest BCUT2D eigenvalue weighted by Crippen LogP contribution is -2.49. The SMILES string of the molecule is CN1CCN(C(=O)C2CCC(Oc3ccncc3N)CC2)CC1. The van der Waals surface area contributed by atoms with E-state index in [1.165, 1.54) is 0 Å². The number of aromatic nitrogens is 1. The van der Waals surface area contributed by atoms with E-state index in [-0.39, 0.29) is 12.0 Å². The first-order chi connectivity index (χ1) is 11.1. The van der Waals surface area contributed by atoms with Crippen LogP contribution in [0.3, 0.4) is 0 Å². The minimum absolute atomic E-state index is 0.149. The number of nitrogens with zero attached hydrogens (tertiary/aromatic N) is 3. The van der Waals surface area contributed by atoms with Crippen molar-refractivity contribution in [2.75, 3.05) is 39.0 Å². The van der Waals surface area contributed by atoms with Gasteiger partial charge in [-0.05, 0) is 32.7 Å². The van der Waals surface area contributed by atoms with E-state index < -0.39 is 0 Å². The van der Waals surface area contributed by atoms with Gasteiger partial charge in [-0.1, -0.05) is 0 Å². The van der Waals surface area contributed by atoms with Crippen LogP contribution >= 0.6 is 0 Å². The van der Waals surface area contributed by atoms with Crippen molar-refractivity contribution in [2.24, 2.45) is 5.92 Å². The Balaban J connectivity index is 1.48. The second-order valence-electron chi connectivity index (χ2n) is 6.63. The Morgan fingerprint density at radius 2 is 1.91 bits per heavy atom. The quantitative estimate of drug-likeness (QED) is 0.911. The zero-order valence-corrected chi connectivity index (χ0v) is 13.8. The van der Waals surface area contributed by atoms with E-state index in [2.05, 4.69) is 16.9 Å². The molecule has 0 unspecified atom stereocenters. The normalized spacial score (nSPS) is 26.0. The standard InChI is InChI=1S/C17H26N4O2/c1-20-8-10-21(11-9-20)17(22)13-2-4-14(5-3-13)23-16-6-7-19-12-15(16)18/h6-7,12-14H,2-5,8-11,18H2,1H3. The van der Waals surface area contributed by atoms with Crippen molar-refractivity contribution < 1.29 is 9.53 Å². The highest BCUT2D eigenvalue weighted by Gasteiger charge is 2.31. The van der Waals surface area contributed by atoms with Gasteiger partial charge in [-0.2, -0.15) is 0 Å². The molecule has 2 heterocycles. The molecule has 2 N–H and O–H groups in total. The van der Waals surface area contributed by atoms with Crippen molar-refractivity contribution in [1.82, 2.24) is 14.8 Å². The van der Waals surface area contributed by atoms with E-state index in [0.29, 0.717) is 17.3 Å². The molecule has 1 aromatic heterocycles. The van der Waals surface area contributed by atoms with E-state index in [1.807, 2.05) is 4.90 Å². The Morgan fingerprint density at radius 1 is 1.22 bits per heavy atom. The Morgan fingerprint density at radius 3 is 2.57 bits per heavy atom. The molecule has 1 saturated carbocycles. The summed E-state index contributed by atoms with van der Waals surface area (Å²) in [4.78, 5) is 20.9. The first-order valence-electron chi connectivity index (χ1n) is 8.47. The maximum atomic E-state index is 12.6. The molecule has 1 saturated heterocycles. The van der Waals surface area contributed by atoms with E-state index in [9.17, 15) is 4.79 Å². The molecular formula is C17H26N4O2. The van der Waals surface area contributed by atoms with Crippen LogP contribution in [0.5, 0.6) is 5.75 Å². The summed E-state index contributed by atoms with van der Waals surface area (Å²) in [6.45, 7) is 3.68. The summed E-state index contributed by atoms with van der Waals surface area (Å²) in [6.07, 6.45) is 7.07. The first kappa shape index (κ1) is 16.1. The van der Waals surface area contributed by atoms with Gasteiger partial charge in [0.25, 0.3) is 0 Å². The van der Waals surface area contributed by atoms with Crippen LogP contribution in [0.15, 0.2) is 18.5 Å². The summed E-state index contributed by atoms with van der Waals surface area (Å²) < 4.78 is 5.98. The maximum Gasteiger partial charge on any atom is 0.225 e. The van der Waals surface area contributed by atoms with Crippen LogP contribution in [0.1, 0.15) is 25.7 Å². The maximum absolute atomic E-state index is 12.6. The summed E-state index contributed by atoms with van der Waals surface area (Å²) >= 11 is 0. The number of nitrogen functional groups attached to an aromatic ring is 1. The highest BCUT2D eigenvalue weighted by atomic mass is 16.5. The lowest BCUT2D eigenvalue weighted by molar-refractivity contribution is -0.138. The molecule has 6 nitrogen and oxygen atoms in total. The van der Waals surface area contributed by atoms with Gasteiger partial charge in [0.15, 0.2) is 0 Å². The Kier molecular flexibility index (Phi) is 5.00. The van der Waals surface area contributed by atoms with Gasteiger partial charge in [0.1, 0.15) is 5.75 Å². The van der Waals surface area contributed by atoms with Crippen LogP contribution in [-0.2, 0) is 4.79 Å². The van der Waals surface area contributed by atoms with Crippen molar-refractivity contribution in [3.63, 3.8) is 0 Å². The molecule has 0 spiro atoms. The third-order valence-electron chi connectivity index (χ3n) is 4.94. The van der Waals surface area contributed by atoms with Crippen molar-refractivity contribution >= 4 is 11.6 Å². The summed E-state index contributed by atoms with van der Waals surface area (Å²) in [6, 6.07) is 1.80. The van der Waals surface area contributed by atoms with E-state index >= 15 is 0 Å². The van der Waals surface area contributed by atoms with Crippen LogP contribution in [-0.4, -0.2) is 60.0 Å². The van der Waals surface area contributed by atoms with E-state index in [1.54, 1.807) is 18.5 Å². The molecule has 0 aromatic carbocycles. The molecule has 0 bridgehead atoms. The van der Waals surface area contributed by atoms with Gasteiger partial charge in [-0.25, -0.2) is 0 Å². The van der Waals surface area contributed by atoms with Crippen molar-refractivity contribution in [3.05, 3.63) is 18.5 Å². The second-order valence-corrected chi connectivity index (χ2v) is 6.63. The van der Waals surface area contributed by atoms with Crippen LogP contribution < -0.4 is 10.5 Å². The molecule has 6 heteroatoms. The Bertz CT molecular complexity index is 535. The fourth-order valence-electron chi connectivity index (χ4n) is 3.39. The van der Waals surface area contributed by atoms with Crippen LogP contribution in [0.4, 0.5) is 5.69 Å². The number of anilines is 1. The predicted octanol–water partition coefficient (Wildman–Crippen LogP) is 1.38. The number of likely N-dealkylation sites (N-methyl/N-ethyl adjacent to an activating group) is 1. The third kappa shape index (κ3) is 3.93. The number of carbonyl (C=O) groups is 1. The molecule has 0 atom stereocenters. The summed E-state index contributed by atoms with van der Waals surface area (Å²) in [7, 11) is 2.11. The average Bonchev–Trinajstić information content (AvgIpc) is 2.58. The molecule has 2 fully saturated rings. The van der Waals surface area contributed by atoms with Gasteiger partial charge < -0.3 is 20.3 Å². The fourth-order valence-corrected chi connectivity index (χ4v) is 3.39. The highest BCUT2D eigenvalue weighted by Crippen LogP contribution is 2.30. The van der Waals surface area contributed by atoms with Crippen LogP contribution in [0.25, 0.3) is 0 Å². The fraction of sp³-hybridized carbons (Fsp3) is 0.647. The van der Waals surface area contributed by atoms with Gasteiger partial charge in [-0.15, -0.1) is 0 Å². The molecule has 0 radical (unpaired) electrons. The van der Waals surface area contributed by atoms with E-state index in [4.69, 9.17) is 10.5 Å². The highest BCUT2D eigenvalue weighted by molar-refractivity contribution is 5.79. The minimum Gasteiger partial charge on any atom is -0.488 e. The Hall–Kier alpha value is -1.82. The summed E-state index contributed by atoms with van der Waals surface area (Å²) in [5.74, 6) is 1.20. The molecular weight excluding hydrogens is 292 g/mol. The van der Waals surface area contributed by atoms with Gasteiger partial charge in [0.05, 0.1) is 18.0 Å². The number of amides is 1. The van der Waals surface area contributed by atoms with Crippen LogP contribution in [0, 0.1) is 5.92 Å². The predicted molar refractivity (Wildman–Crippen MR) is 89.1 cm³/mol. The molecule has 23 heavy (non-hydrogen) atoms. The second kappa shape index (κ2) is 7.17. The molecule has 1 amide bonds. The zero-order chi connectivity index (χ0) is 16.2.